The number of nitriles is 1. The molecule has 1 aliphatic heterocycles. The molecule has 0 radical (unpaired) electrons. The molecular formula is C13H14N2OS. The number of benzene rings is 1. The van der Waals surface area contributed by atoms with Crippen molar-refractivity contribution in [1.82, 2.24) is 5.32 Å². The molecule has 1 fully saturated rings. The van der Waals surface area contributed by atoms with Crippen molar-refractivity contribution in [2.24, 2.45) is 0 Å². The maximum absolute atomic E-state index is 11.9. The van der Waals surface area contributed by atoms with Crippen LogP contribution in [0.1, 0.15) is 28.8 Å². The van der Waals surface area contributed by atoms with Crippen LogP contribution < -0.4 is 5.32 Å². The Hall–Kier alpha value is -1.47. The van der Waals surface area contributed by atoms with Crippen LogP contribution in [-0.2, 0) is 0 Å². The molecule has 1 aliphatic rings. The van der Waals surface area contributed by atoms with Gasteiger partial charge in [-0.25, -0.2) is 0 Å². The van der Waals surface area contributed by atoms with E-state index in [-0.39, 0.29) is 5.91 Å². The molecule has 1 saturated heterocycles. The molecule has 1 N–H and O–H groups in total. The standard InChI is InChI=1S/C13H14N2OS/c14-9-10-1-3-11(4-2-10)13(16)15-12-5-7-17-8-6-12/h1-4,12H,5-8H2,(H,15,16). The van der Waals surface area contributed by atoms with E-state index in [1.165, 1.54) is 0 Å². The van der Waals surface area contributed by atoms with Crippen molar-refractivity contribution in [3.63, 3.8) is 0 Å². The normalized spacial score (nSPS) is 16.2. The molecule has 0 aliphatic carbocycles. The van der Waals surface area contributed by atoms with Crippen molar-refractivity contribution in [2.75, 3.05) is 11.5 Å². The molecule has 88 valence electrons. The van der Waals surface area contributed by atoms with E-state index in [0.29, 0.717) is 17.2 Å². The summed E-state index contributed by atoms with van der Waals surface area (Å²) in [4.78, 5) is 11.9. The summed E-state index contributed by atoms with van der Waals surface area (Å²) in [7, 11) is 0. The molecular weight excluding hydrogens is 232 g/mol. The van der Waals surface area contributed by atoms with E-state index in [1.54, 1.807) is 24.3 Å². The van der Waals surface area contributed by atoms with Gasteiger partial charge in [-0.2, -0.15) is 17.0 Å². The molecule has 0 unspecified atom stereocenters. The second kappa shape index (κ2) is 5.74. The zero-order valence-corrected chi connectivity index (χ0v) is 10.3. The van der Waals surface area contributed by atoms with Crippen LogP contribution in [0, 0.1) is 11.3 Å². The van der Waals surface area contributed by atoms with Gasteiger partial charge in [-0.3, -0.25) is 4.79 Å². The minimum absolute atomic E-state index is 0.0358. The monoisotopic (exact) mass is 246 g/mol. The summed E-state index contributed by atoms with van der Waals surface area (Å²) >= 11 is 1.94. The van der Waals surface area contributed by atoms with Gasteiger partial charge >= 0.3 is 0 Å². The number of carbonyl (C=O) groups is 1. The second-order valence-electron chi connectivity index (χ2n) is 4.05. The Balaban J connectivity index is 1.96. The highest BCUT2D eigenvalue weighted by Gasteiger charge is 2.16. The van der Waals surface area contributed by atoms with Crippen LogP contribution in [-0.4, -0.2) is 23.5 Å². The van der Waals surface area contributed by atoms with Gasteiger partial charge in [-0.1, -0.05) is 0 Å². The lowest BCUT2D eigenvalue weighted by Crippen LogP contribution is -2.37. The van der Waals surface area contributed by atoms with Crippen molar-refractivity contribution in [3.8, 4) is 6.07 Å². The van der Waals surface area contributed by atoms with E-state index in [0.717, 1.165) is 24.3 Å². The fourth-order valence-corrected chi connectivity index (χ4v) is 2.91. The zero-order chi connectivity index (χ0) is 12.1. The molecule has 0 bridgehead atoms. The minimum Gasteiger partial charge on any atom is -0.349 e. The number of rotatable bonds is 2. The molecule has 0 spiro atoms. The van der Waals surface area contributed by atoms with Crippen LogP contribution in [0.3, 0.4) is 0 Å². The second-order valence-corrected chi connectivity index (χ2v) is 5.27. The van der Waals surface area contributed by atoms with E-state index < -0.39 is 0 Å². The largest absolute Gasteiger partial charge is 0.349 e. The van der Waals surface area contributed by atoms with Gasteiger partial charge in [0.15, 0.2) is 0 Å². The van der Waals surface area contributed by atoms with Crippen molar-refractivity contribution >= 4 is 17.7 Å². The van der Waals surface area contributed by atoms with Crippen LogP contribution in [0.5, 0.6) is 0 Å². The number of nitrogens with one attached hydrogen (secondary N) is 1. The number of hydrogen-bond donors (Lipinski definition) is 1. The molecule has 1 amide bonds. The number of carbonyl (C=O) groups excluding carboxylic acids is 1. The topological polar surface area (TPSA) is 52.9 Å². The lowest BCUT2D eigenvalue weighted by Gasteiger charge is -2.22. The van der Waals surface area contributed by atoms with Crippen LogP contribution in [0.25, 0.3) is 0 Å². The Kier molecular flexibility index (Phi) is 4.05. The fraction of sp³-hybridized carbons (Fsp3) is 0.385. The Morgan fingerprint density at radius 2 is 1.94 bits per heavy atom. The van der Waals surface area contributed by atoms with Gasteiger partial charge in [0, 0.05) is 11.6 Å². The molecule has 0 atom stereocenters. The molecule has 0 saturated carbocycles. The zero-order valence-electron chi connectivity index (χ0n) is 9.48. The van der Waals surface area contributed by atoms with E-state index in [4.69, 9.17) is 5.26 Å². The SMILES string of the molecule is N#Cc1ccc(C(=O)NC2CCSCC2)cc1. The van der Waals surface area contributed by atoms with E-state index in [1.807, 2.05) is 17.8 Å². The molecule has 2 rings (SSSR count). The third-order valence-electron chi connectivity index (χ3n) is 2.83. The van der Waals surface area contributed by atoms with Crippen LogP contribution in [0.4, 0.5) is 0 Å². The first-order valence-corrected chi connectivity index (χ1v) is 6.84. The third-order valence-corrected chi connectivity index (χ3v) is 3.88. The summed E-state index contributed by atoms with van der Waals surface area (Å²) in [6.07, 6.45) is 2.10. The molecule has 1 aromatic rings. The summed E-state index contributed by atoms with van der Waals surface area (Å²) < 4.78 is 0. The van der Waals surface area contributed by atoms with Gasteiger partial charge in [0.1, 0.15) is 0 Å². The van der Waals surface area contributed by atoms with Crippen LogP contribution >= 0.6 is 11.8 Å². The maximum atomic E-state index is 11.9. The highest BCUT2D eigenvalue weighted by molar-refractivity contribution is 7.99. The van der Waals surface area contributed by atoms with Gasteiger partial charge in [-0.05, 0) is 48.6 Å². The summed E-state index contributed by atoms with van der Waals surface area (Å²) in [6, 6.07) is 9.09. The summed E-state index contributed by atoms with van der Waals surface area (Å²) in [6.45, 7) is 0. The van der Waals surface area contributed by atoms with Crippen molar-refractivity contribution in [1.29, 1.82) is 5.26 Å². The number of nitrogens with zero attached hydrogens (tertiary/aromatic N) is 1. The average Bonchev–Trinajstić information content (AvgIpc) is 2.40. The number of hydrogen-bond acceptors (Lipinski definition) is 3. The Bertz CT molecular complexity index is 430. The Morgan fingerprint density at radius 3 is 2.53 bits per heavy atom. The lowest BCUT2D eigenvalue weighted by atomic mass is 10.1. The third kappa shape index (κ3) is 3.24. The summed E-state index contributed by atoms with van der Waals surface area (Å²) in [5.41, 5.74) is 1.21. The Morgan fingerprint density at radius 1 is 1.29 bits per heavy atom. The maximum Gasteiger partial charge on any atom is 0.251 e. The molecule has 4 heteroatoms. The predicted molar refractivity (Wildman–Crippen MR) is 69.0 cm³/mol. The number of thioether (sulfide) groups is 1. The quantitative estimate of drug-likeness (QED) is 0.870. The van der Waals surface area contributed by atoms with Gasteiger partial charge < -0.3 is 5.32 Å². The first kappa shape index (κ1) is 12.0. The summed E-state index contributed by atoms with van der Waals surface area (Å²) in [5, 5.41) is 11.7. The summed E-state index contributed by atoms with van der Waals surface area (Å²) in [5.74, 6) is 2.21. The molecule has 0 aromatic heterocycles. The van der Waals surface area contributed by atoms with Gasteiger partial charge in [0.25, 0.3) is 5.91 Å². The predicted octanol–water partition coefficient (Wildman–Crippen LogP) is 2.18. The van der Waals surface area contributed by atoms with Crippen molar-refractivity contribution in [3.05, 3.63) is 35.4 Å². The van der Waals surface area contributed by atoms with Gasteiger partial charge in [0.05, 0.1) is 11.6 Å². The number of amides is 1. The fourth-order valence-electron chi connectivity index (χ4n) is 1.81. The van der Waals surface area contributed by atoms with Crippen LogP contribution in [0.15, 0.2) is 24.3 Å². The van der Waals surface area contributed by atoms with Gasteiger partial charge in [-0.15, -0.1) is 0 Å². The highest BCUT2D eigenvalue weighted by Crippen LogP contribution is 2.17. The molecule has 1 heterocycles. The first-order chi connectivity index (χ1) is 8.29. The molecule has 17 heavy (non-hydrogen) atoms. The average molecular weight is 246 g/mol. The van der Waals surface area contributed by atoms with E-state index in [9.17, 15) is 4.79 Å². The highest BCUT2D eigenvalue weighted by atomic mass is 32.2. The van der Waals surface area contributed by atoms with Crippen molar-refractivity contribution < 1.29 is 4.79 Å². The Labute approximate surface area is 105 Å². The van der Waals surface area contributed by atoms with Crippen LogP contribution in [0.2, 0.25) is 0 Å². The minimum atomic E-state index is -0.0358. The lowest BCUT2D eigenvalue weighted by molar-refractivity contribution is 0.0935. The van der Waals surface area contributed by atoms with Crippen molar-refractivity contribution in [2.45, 2.75) is 18.9 Å². The van der Waals surface area contributed by atoms with Gasteiger partial charge in [0.2, 0.25) is 0 Å². The van der Waals surface area contributed by atoms with E-state index >= 15 is 0 Å². The molecule has 1 aromatic carbocycles. The molecule has 3 nitrogen and oxygen atoms in total. The first-order valence-electron chi connectivity index (χ1n) is 5.68. The smallest absolute Gasteiger partial charge is 0.251 e. The van der Waals surface area contributed by atoms with E-state index in [2.05, 4.69) is 5.32 Å².